The van der Waals surface area contributed by atoms with Gasteiger partial charge in [-0.05, 0) is 19.3 Å². The number of hydrogen-bond acceptors (Lipinski definition) is 6. The number of carbonyl (C=O) groups is 3. The molecule has 0 unspecified atom stereocenters. The van der Waals surface area contributed by atoms with E-state index in [0.717, 1.165) is 11.3 Å². The third kappa shape index (κ3) is 4.60. The number of benzene rings is 1. The molecule has 148 valence electrons. The highest BCUT2D eigenvalue weighted by molar-refractivity contribution is 6.21. The summed E-state index contributed by atoms with van der Waals surface area (Å²) in [6.45, 7) is 2.00. The summed E-state index contributed by atoms with van der Waals surface area (Å²) in [6, 6.07) is 2.01. The van der Waals surface area contributed by atoms with Crippen LogP contribution in [0.25, 0.3) is 0 Å². The van der Waals surface area contributed by atoms with Gasteiger partial charge in [0.15, 0.2) is 11.5 Å². The topological polar surface area (TPSA) is 106 Å². The molecular formula is C18H25N3O6. The molecule has 1 aliphatic heterocycles. The zero-order valence-corrected chi connectivity index (χ0v) is 16.0. The second kappa shape index (κ2) is 9.11. The van der Waals surface area contributed by atoms with Crippen LogP contribution < -0.4 is 29.7 Å². The summed E-state index contributed by atoms with van der Waals surface area (Å²) in [5.74, 6) is 0.658. The number of anilines is 1. The normalized spacial score (nSPS) is 16.1. The predicted octanol–water partition coefficient (Wildman–Crippen LogP) is 1.44. The summed E-state index contributed by atoms with van der Waals surface area (Å²) in [7, 11) is 4.40. The minimum Gasteiger partial charge on any atom is -0.493 e. The predicted molar refractivity (Wildman–Crippen MR) is 98.4 cm³/mol. The number of nitrogens with one attached hydrogen (secondary N) is 2. The van der Waals surface area contributed by atoms with E-state index in [2.05, 4.69) is 10.6 Å². The molecule has 1 atom stereocenters. The third-order valence-electron chi connectivity index (χ3n) is 4.22. The highest BCUT2D eigenvalue weighted by Crippen LogP contribution is 2.41. The molecule has 0 aliphatic carbocycles. The van der Waals surface area contributed by atoms with Crippen LogP contribution in [0.15, 0.2) is 12.1 Å². The van der Waals surface area contributed by atoms with E-state index in [9.17, 15) is 14.4 Å². The summed E-state index contributed by atoms with van der Waals surface area (Å²) in [6.07, 6.45) is 1.91. The first-order valence-corrected chi connectivity index (χ1v) is 8.61. The molecule has 2 rings (SSSR count). The molecule has 1 fully saturated rings. The van der Waals surface area contributed by atoms with Crippen LogP contribution in [0.3, 0.4) is 0 Å². The Morgan fingerprint density at radius 2 is 1.74 bits per heavy atom. The molecule has 9 nitrogen and oxygen atoms in total. The van der Waals surface area contributed by atoms with Crippen LogP contribution in [0, 0.1) is 0 Å². The molecule has 1 aromatic carbocycles. The standard InChI is InChI=1S/C18H25N3O6/c1-11(22)19-8-6-5-7-13-17(23)21(18(24)20-13)12-9-14(25-2)16(27-4)15(10-12)26-3/h9-10,13H,5-8H2,1-4H3,(H,19,22)(H,20,24)/t13-/m0/s1. The maximum Gasteiger partial charge on any atom is 0.329 e. The highest BCUT2D eigenvalue weighted by atomic mass is 16.5. The zero-order valence-electron chi connectivity index (χ0n) is 16.0. The van der Waals surface area contributed by atoms with Crippen LogP contribution in [-0.2, 0) is 9.59 Å². The van der Waals surface area contributed by atoms with Gasteiger partial charge < -0.3 is 24.8 Å². The van der Waals surface area contributed by atoms with Gasteiger partial charge in [-0.1, -0.05) is 0 Å². The number of ether oxygens (including phenoxy) is 3. The van der Waals surface area contributed by atoms with Crippen LogP contribution in [0.2, 0.25) is 0 Å². The second-order valence-corrected chi connectivity index (χ2v) is 6.04. The number of urea groups is 1. The number of carbonyl (C=O) groups excluding carboxylic acids is 3. The van der Waals surface area contributed by atoms with E-state index in [1.807, 2.05) is 0 Å². The fourth-order valence-corrected chi connectivity index (χ4v) is 2.91. The van der Waals surface area contributed by atoms with Gasteiger partial charge in [-0.3, -0.25) is 9.59 Å². The number of amides is 4. The van der Waals surface area contributed by atoms with Crippen molar-refractivity contribution in [2.75, 3.05) is 32.8 Å². The highest BCUT2D eigenvalue weighted by Gasteiger charge is 2.39. The molecule has 2 N–H and O–H groups in total. The molecule has 1 heterocycles. The molecule has 0 aromatic heterocycles. The third-order valence-corrected chi connectivity index (χ3v) is 4.22. The molecule has 9 heteroatoms. The van der Waals surface area contributed by atoms with Gasteiger partial charge in [-0.2, -0.15) is 0 Å². The minimum atomic E-state index is -0.603. The lowest BCUT2D eigenvalue weighted by Crippen LogP contribution is -2.31. The molecular weight excluding hydrogens is 354 g/mol. The lowest BCUT2D eigenvalue weighted by atomic mass is 10.1. The average Bonchev–Trinajstić information content (AvgIpc) is 2.93. The SMILES string of the molecule is COc1cc(N2C(=O)N[C@@H](CCCCNC(C)=O)C2=O)cc(OC)c1OC. The van der Waals surface area contributed by atoms with Crippen molar-refractivity contribution in [1.29, 1.82) is 0 Å². The largest absolute Gasteiger partial charge is 0.493 e. The first-order valence-electron chi connectivity index (χ1n) is 8.61. The Bertz CT molecular complexity index is 696. The van der Waals surface area contributed by atoms with Gasteiger partial charge in [0.1, 0.15) is 6.04 Å². The first kappa shape index (κ1) is 20.3. The van der Waals surface area contributed by atoms with E-state index < -0.39 is 12.1 Å². The van der Waals surface area contributed by atoms with Crippen LogP contribution >= 0.6 is 0 Å². The van der Waals surface area contributed by atoms with Gasteiger partial charge in [-0.25, -0.2) is 9.69 Å². The van der Waals surface area contributed by atoms with Gasteiger partial charge in [0, 0.05) is 25.6 Å². The van der Waals surface area contributed by atoms with Crippen LogP contribution in [0.5, 0.6) is 17.2 Å². The molecule has 0 radical (unpaired) electrons. The van der Waals surface area contributed by atoms with Crippen molar-refractivity contribution >= 4 is 23.5 Å². The Balaban J connectivity index is 2.11. The van der Waals surface area contributed by atoms with E-state index in [4.69, 9.17) is 14.2 Å². The molecule has 0 bridgehead atoms. The van der Waals surface area contributed by atoms with E-state index >= 15 is 0 Å². The Kier molecular flexibility index (Phi) is 6.86. The fraction of sp³-hybridized carbons (Fsp3) is 0.500. The number of rotatable bonds is 9. The van der Waals surface area contributed by atoms with Crippen molar-refractivity contribution in [3.8, 4) is 17.2 Å². The number of hydrogen-bond donors (Lipinski definition) is 2. The maximum absolute atomic E-state index is 12.7. The van der Waals surface area contributed by atoms with Crippen molar-refractivity contribution in [1.82, 2.24) is 10.6 Å². The summed E-state index contributed by atoms with van der Waals surface area (Å²) in [4.78, 5) is 37.0. The van der Waals surface area contributed by atoms with E-state index in [1.54, 1.807) is 12.1 Å². The lowest BCUT2D eigenvalue weighted by molar-refractivity contribution is -0.119. The summed E-state index contributed by atoms with van der Waals surface area (Å²) >= 11 is 0. The average molecular weight is 379 g/mol. The fourth-order valence-electron chi connectivity index (χ4n) is 2.91. The summed E-state index contributed by atoms with van der Waals surface area (Å²) in [5, 5.41) is 5.39. The van der Waals surface area contributed by atoms with Crippen molar-refractivity contribution in [2.24, 2.45) is 0 Å². The van der Waals surface area contributed by atoms with Crippen molar-refractivity contribution < 1.29 is 28.6 Å². The van der Waals surface area contributed by atoms with Crippen molar-refractivity contribution in [3.05, 3.63) is 12.1 Å². The van der Waals surface area contributed by atoms with Gasteiger partial charge >= 0.3 is 6.03 Å². The van der Waals surface area contributed by atoms with Crippen LogP contribution in [-0.4, -0.2) is 51.8 Å². The first-order chi connectivity index (χ1) is 12.9. The summed E-state index contributed by atoms with van der Waals surface area (Å²) < 4.78 is 15.8. The molecule has 1 aromatic rings. The van der Waals surface area contributed by atoms with Crippen molar-refractivity contribution in [3.63, 3.8) is 0 Å². The van der Waals surface area contributed by atoms with E-state index in [0.29, 0.717) is 42.3 Å². The number of nitrogens with zero attached hydrogens (tertiary/aromatic N) is 1. The van der Waals surface area contributed by atoms with Gasteiger partial charge in [-0.15, -0.1) is 0 Å². The Morgan fingerprint density at radius 1 is 1.11 bits per heavy atom. The second-order valence-electron chi connectivity index (χ2n) is 6.04. The number of unbranched alkanes of at least 4 members (excludes halogenated alkanes) is 1. The molecule has 0 saturated carbocycles. The smallest absolute Gasteiger partial charge is 0.329 e. The Morgan fingerprint density at radius 3 is 2.26 bits per heavy atom. The molecule has 27 heavy (non-hydrogen) atoms. The summed E-state index contributed by atoms with van der Waals surface area (Å²) in [5.41, 5.74) is 0.341. The quantitative estimate of drug-likeness (QED) is 0.497. The molecule has 4 amide bonds. The number of methoxy groups -OCH3 is 3. The van der Waals surface area contributed by atoms with Crippen LogP contribution in [0.1, 0.15) is 26.2 Å². The van der Waals surface area contributed by atoms with Gasteiger partial charge in [0.2, 0.25) is 11.7 Å². The number of imide groups is 1. The zero-order chi connectivity index (χ0) is 20.0. The molecule has 1 saturated heterocycles. The molecule has 1 aliphatic rings. The lowest BCUT2D eigenvalue weighted by Gasteiger charge is -2.18. The van der Waals surface area contributed by atoms with Crippen molar-refractivity contribution in [2.45, 2.75) is 32.2 Å². The Hall–Kier alpha value is -2.97. The molecule has 0 spiro atoms. The van der Waals surface area contributed by atoms with E-state index in [-0.39, 0.29) is 11.8 Å². The van der Waals surface area contributed by atoms with Gasteiger partial charge in [0.05, 0.1) is 27.0 Å². The van der Waals surface area contributed by atoms with Gasteiger partial charge in [0.25, 0.3) is 5.91 Å². The Labute approximate surface area is 157 Å². The van der Waals surface area contributed by atoms with E-state index in [1.165, 1.54) is 28.3 Å². The maximum atomic E-state index is 12.7. The van der Waals surface area contributed by atoms with Crippen LogP contribution in [0.4, 0.5) is 10.5 Å². The monoisotopic (exact) mass is 379 g/mol. The minimum absolute atomic E-state index is 0.0891.